The molecule has 7 heteroatoms. The highest BCUT2D eigenvalue weighted by Gasteiger charge is 2.30. The van der Waals surface area contributed by atoms with Crippen molar-refractivity contribution < 1.29 is 13.5 Å². The summed E-state index contributed by atoms with van der Waals surface area (Å²) in [6, 6.07) is 6.51. The Kier molecular flexibility index (Phi) is 5.62. The van der Waals surface area contributed by atoms with Crippen LogP contribution in [0.2, 0.25) is 5.02 Å². The first kappa shape index (κ1) is 16.7. The maximum atomic E-state index is 12.6. The Morgan fingerprint density at radius 3 is 2.43 bits per heavy atom. The van der Waals surface area contributed by atoms with Crippen molar-refractivity contribution in [3.8, 4) is 0 Å². The molecule has 1 unspecified atom stereocenters. The van der Waals surface area contributed by atoms with Crippen molar-refractivity contribution >= 4 is 21.6 Å². The summed E-state index contributed by atoms with van der Waals surface area (Å²) in [5.41, 5.74) is 0. The van der Waals surface area contributed by atoms with Crippen LogP contribution in [-0.4, -0.2) is 61.6 Å². The minimum Gasteiger partial charge on any atom is -0.392 e. The molecule has 0 amide bonds. The van der Waals surface area contributed by atoms with Gasteiger partial charge in [0.25, 0.3) is 0 Å². The number of piperazine rings is 1. The Balaban J connectivity index is 2.03. The lowest BCUT2D eigenvalue weighted by atomic mass is 10.2. The molecule has 118 valence electrons. The van der Waals surface area contributed by atoms with Gasteiger partial charge in [-0.2, -0.15) is 4.31 Å². The monoisotopic (exact) mass is 332 g/mol. The zero-order chi connectivity index (χ0) is 15.5. The first-order valence-corrected chi connectivity index (χ1v) is 8.92. The molecule has 1 aromatic rings. The zero-order valence-electron chi connectivity index (χ0n) is 12.1. The molecular weight excluding hydrogens is 312 g/mol. The second-order valence-electron chi connectivity index (χ2n) is 5.20. The predicted octanol–water partition coefficient (Wildman–Crippen LogP) is 1.42. The van der Waals surface area contributed by atoms with Gasteiger partial charge in [-0.15, -0.1) is 0 Å². The minimum atomic E-state index is -3.54. The largest absolute Gasteiger partial charge is 0.392 e. The molecule has 0 radical (unpaired) electrons. The van der Waals surface area contributed by atoms with Gasteiger partial charge in [0, 0.05) is 32.7 Å². The molecule has 1 heterocycles. The lowest BCUT2D eigenvalue weighted by molar-refractivity contribution is 0.0896. The van der Waals surface area contributed by atoms with Crippen LogP contribution < -0.4 is 0 Å². The molecule has 0 aromatic heterocycles. The topological polar surface area (TPSA) is 60.9 Å². The van der Waals surface area contributed by atoms with Crippen molar-refractivity contribution in [3.05, 3.63) is 29.3 Å². The van der Waals surface area contributed by atoms with E-state index in [0.717, 1.165) is 0 Å². The standard InChI is InChI=1S/C14H21ClN2O3S/c1-2-12(18)11-16-7-9-17(10-8-16)21(19,20)14-6-4-3-5-13(14)15/h3-6,12,18H,2,7-11H2,1H3. The molecule has 0 bridgehead atoms. The van der Waals surface area contributed by atoms with E-state index in [4.69, 9.17) is 11.6 Å². The quantitative estimate of drug-likeness (QED) is 0.886. The van der Waals surface area contributed by atoms with Crippen LogP contribution in [0, 0.1) is 0 Å². The van der Waals surface area contributed by atoms with Gasteiger partial charge in [-0.1, -0.05) is 30.7 Å². The highest BCUT2D eigenvalue weighted by Crippen LogP contribution is 2.24. The summed E-state index contributed by atoms with van der Waals surface area (Å²) in [5, 5.41) is 9.91. The molecule has 1 fully saturated rings. The van der Waals surface area contributed by atoms with Gasteiger partial charge in [0.2, 0.25) is 10.0 Å². The molecule has 2 rings (SSSR count). The van der Waals surface area contributed by atoms with Crippen molar-refractivity contribution in [1.29, 1.82) is 0 Å². The summed E-state index contributed by atoms with van der Waals surface area (Å²) < 4.78 is 26.6. The highest BCUT2D eigenvalue weighted by atomic mass is 35.5. The third-order valence-electron chi connectivity index (χ3n) is 3.73. The van der Waals surface area contributed by atoms with Crippen LogP contribution in [0.3, 0.4) is 0 Å². The van der Waals surface area contributed by atoms with Gasteiger partial charge in [0.05, 0.1) is 11.1 Å². The van der Waals surface area contributed by atoms with E-state index in [9.17, 15) is 13.5 Å². The molecule has 0 spiro atoms. The van der Waals surface area contributed by atoms with Gasteiger partial charge in [-0.3, -0.25) is 4.90 Å². The third-order valence-corrected chi connectivity index (χ3v) is 6.12. The molecule has 1 aliphatic rings. The molecule has 1 saturated heterocycles. The second kappa shape index (κ2) is 7.07. The SMILES string of the molecule is CCC(O)CN1CCN(S(=O)(=O)c2ccccc2Cl)CC1. The average Bonchev–Trinajstić information content (AvgIpc) is 2.48. The fourth-order valence-electron chi connectivity index (χ4n) is 2.37. The number of sulfonamides is 1. The van der Waals surface area contributed by atoms with E-state index in [2.05, 4.69) is 4.90 Å². The van der Waals surface area contributed by atoms with Gasteiger partial charge < -0.3 is 5.11 Å². The predicted molar refractivity (Wildman–Crippen MR) is 82.9 cm³/mol. The maximum Gasteiger partial charge on any atom is 0.244 e. The van der Waals surface area contributed by atoms with Crippen LogP contribution in [-0.2, 0) is 10.0 Å². The molecule has 21 heavy (non-hydrogen) atoms. The normalized spacial score (nSPS) is 19.6. The Morgan fingerprint density at radius 1 is 1.24 bits per heavy atom. The van der Waals surface area contributed by atoms with Crippen LogP contribution >= 0.6 is 11.6 Å². The van der Waals surface area contributed by atoms with E-state index in [-0.39, 0.29) is 16.0 Å². The van der Waals surface area contributed by atoms with Crippen LogP contribution in [0.5, 0.6) is 0 Å². The summed E-state index contributed by atoms with van der Waals surface area (Å²) in [4.78, 5) is 2.25. The summed E-state index contributed by atoms with van der Waals surface area (Å²) in [7, 11) is -3.54. The Morgan fingerprint density at radius 2 is 1.86 bits per heavy atom. The second-order valence-corrected chi connectivity index (χ2v) is 7.51. The number of rotatable bonds is 5. The van der Waals surface area contributed by atoms with Crippen molar-refractivity contribution in [3.63, 3.8) is 0 Å². The molecule has 0 aliphatic carbocycles. The molecular formula is C14H21ClN2O3S. The third kappa shape index (κ3) is 3.96. The van der Waals surface area contributed by atoms with Gasteiger partial charge in [0.15, 0.2) is 0 Å². The van der Waals surface area contributed by atoms with Crippen molar-refractivity contribution in [2.45, 2.75) is 24.3 Å². The number of hydrogen-bond donors (Lipinski definition) is 1. The van der Waals surface area contributed by atoms with E-state index < -0.39 is 10.0 Å². The van der Waals surface area contributed by atoms with Gasteiger partial charge in [0.1, 0.15) is 4.90 Å². The smallest absolute Gasteiger partial charge is 0.244 e. The molecule has 0 saturated carbocycles. The maximum absolute atomic E-state index is 12.6. The minimum absolute atomic E-state index is 0.161. The molecule has 1 N–H and O–H groups in total. The fourth-order valence-corrected chi connectivity index (χ4v) is 4.29. The van der Waals surface area contributed by atoms with E-state index in [1.165, 1.54) is 10.4 Å². The Labute approximate surface area is 131 Å². The Hall–Kier alpha value is -0.660. The van der Waals surface area contributed by atoms with Gasteiger partial charge >= 0.3 is 0 Å². The zero-order valence-corrected chi connectivity index (χ0v) is 13.6. The number of halogens is 1. The van der Waals surface area contributed by atoms with Crippen LogP contribution in [0.4, 0.5) is 0 Å². The lowest BCUT2D eigenvalue weighted by Crippen LogP contribution is -2.50. The molecule has 1 aromatic carbocycles. The molecule has 5 nitrogen and oxygen atoms in total. The summed E-state index contributed by atoms with van der Waals surface area (Å²) in [6.45, 7) is 4.62. The Bertz CT molecular complexity index is 571. The van der Waals surface area contributed by atoms with Gasteiger partial charge in [-0.05, 0) is 18.6 Å². The van der Waals surface area contributed by atoms with Crippen molar-refractivity contribution in [2.24, 2.45) is 0 Å². The first-order valence-electron chi connectivity index (χ1n) is 7.10. The van der Waals surface area contributed by atoms with Crippen molar-refractivity contribution in [2.75, 3.05) is 32.7 Å². The van der Waals surface area contributed by atoms with Gasteiger partial charge in [-0.25, -0.2) is 8.42 Å². The lowest BCUT2D eigenvalue weighted by Gasteiger charge is -2.34. The number of nitrogens with zero attached hydrogens (tertiary/aromatic N) is 2. The first-order chi connectivity index (χ1) is 9.95. The number of β-amino-alcohol motifs (C(OH)–C–C–N with tert-alkyl or cyclic N) is 1. The number of aliphatic hydroxyl groups is 1. The molecule has 1 aliphatic heterocycles. The summed E-state index contributed by atoms with van der Waals surface area (Å²) >= 11 is 5.99. The summed E-state index contributed by atoms with van der Waals surface area (Å²) in [5.74, 6) is 0. The van der Waals surface area contributed by atoms with Crippen LogP contribution in [0.25, 0.3) is 0 Å². The summed E-state index contributed by atoms with van der Waals surface area (Å²) in [6.07, 6.45) is 0.356. The number of aliphatic hydroxyl groups excluding tert-OH is 1. The number of hydrogen-bond acceptors (Lipinski definition) is 4. The van der Waals surface area contributed by atoms with Crippen LogP contribution in [0.1, 0.15) is 13.3 Å². The van der Waals surface area contributed by atoms with E-state index in [1.807, 2.05) is 6.92 Å². The van der Waals surface area contributed by atoms with E-state index >= 15 is 0 Å². The van der Waals surface area contributed by atoms with E-state index in [0.29, 0.717) is 39.1 Å². The number of benzene rings is 1. The fraction of sp³-hybridized carbons (Fsp3) is 0.571. The molecule has 1 atom stereocenters. The van der Waals surface area contributed by atoms with E-state index in [1.54, 1.807) is 18.2 Å². The average molecular weight is 333 g/mol. The highest BCUT2D eigenvalue weighted by molar-refractivity contribution is 7.89. The van der Waals surface area contributed by atoms with Crippen molar-refractivity contribution in [1.82, 2.24) is 9.21 Å². The van der Waals surface area contributed by atoms with Crippen LogP contribution in [0.15, 0.2) is 29.2 Å².